The number of Topliss-reactive ketones (excluding diaryl/α,β-unsaturated/α-hetero) is 1. The number of rotatable bonds is 1. The zero-order valence-corrected chi connectivity index (χ0v) is 8.91. The van der Waals surface area contributed by atoms with E-state index < -0.39 is 29.4 Å². The van der Waals surface area contributed by atoms with E-state index in [0.29, 0.717) is 0 Å². The van der Waals surface area contributed by atoms with Gasteiger partial charge in [-0.1, -0.05) is 30.3 Å². The fraction of sp³-hybridized carbons (Fsp3) is 0.250. The van der Waals surface area contributed by atoms with Gasteiger partial charge in [0.2, 0.25) is 5.83 Å². The van der Waals surface area contributed by atoms with Crippen LogP contribution in [0.15, 0.2) is 36.2 Å². The molecule has 1 atom stereocenters. The van der Waals surface area contributed by atoms with Gasteiger partial charge in [-0.2, -0.15) is 13.2 Å². The Balaban J connectivity index is 2.50. The lowest BCUT2D eigenvalue weighted by molar-refractivity contribution is -0.159. The third kappa shape index (κ3) is 1.81. The van der Waals surface area contributed by atoms with Gasteiger partial charge in [0.05, 0.1) is 0 Å². The minimum absolute atomic E-state index is 0.265. The molecule has 1 aliphatic rings. The fourth-order valence-corrected chi connectivity index (χ4v) is 1.52. The molecule has 2 rings (SSSR count). The van der Waals surface area contributed by atoms with Crippen LogP contribution in [0.5, 0.6) is 0 Å². The highest BCUT2D eigenvalue weighted by Crippen LogP contribution is 2.37. The number of alkyl halides is 2. The average molecular weight is 242 g/mol. The second-order valence-corrected chi connectivity index (χ2v) is 3.72. The van der Waals surface area contributed by atoms with E-state index in [-0.39, 0.29) is 5.56 Å². The number of ether oxygens (including phenoxy) is 1. The van der Waals surface area contributed by atoms with Gasteiger partial charge in [0.25, 0.3) is 5.78 Å². The van der Waals surface area contributed by atoms with Gasteiger partial charge in [-0.05, 0) is 6.92 Å². The van der Waals surface area contributed by atoms with Crippen molar-refractivity contribution in [1.29, 1.82) is 0 Å². The number of hydrogen-bond acceptors (Lipinski definition) is 2. The van der Waals surface area contributed by atoms with Crippen LogP contribution in [0, 0.1) is 0 Å². The largest absolute Gasteiger partial charge is 0.480 e. The van der Waals surface area contributed by atoms with E-state index >= 15 is 0 Å². The van der Waals surface area contributed by atoms with E-state index in [1.54, 1.807) is 18.2 Å². The first kappa shape index (κ1) is 11.7. The first-order chi connectivity index (χ1) is 7.94. The SMILES string of the molecule is CC1OC(c2ccccc2)=C(F)C(=O)C1(F)F. The van der Waals surface area contributed by atoms with Crippen LogP contribution in [0.1, 0.15) is 12.5 Å². The lowest BCUT2D eigenvalue weighted by Gasteiger charge is -2.29. The van der Waals surface area contributed by atoms with Crippen LogP contribution >= 0.6 is 0 Å². The Morgan fingerprint density at radius 2 is 1.82 bits per heavy atom. The van der Waals surface area contributed by atoms with Crippen LogP contribution in [-0.2, 0) is 9.53 Å². The van der Waals surface area contributed by atoms with Crippen molar-refractivity contribution in [3.05, 3.63) is 41.7 Å². The van der Waals surface area contributed by atoms with Gasteiger partial charge >= 0.3 is 5.92 Å². The Labute approximate surface area is 95.7 Å². The third-order valence-corrected chi connectivity index (χ3v) is 2.54. The molecule has 5 heteroatoms. The molecule has 1 aromatic rings. The molecular weight excluding hydrogens is 233 g/mol. The van der Waals surface area contributed by atoms with Crippen LogP contribution in [0.3, 0.4) is 0 Å². The molecule has 17 heavy (non-hydrogen) atoms. The Kier molecular flexibility index (Phi) is 2.69. The Hall–Kier alpha value is -1.78. The molecule has 1 aromatic carbocycles. The zero-order valence-electron chi connectivity index (χ0n) is 8.91. The monoisotopic (exact) mass is 242 g/mol. The Morgan fingerprint density at radius 3 is 2.41 bits per heavy atom. The maximum atomic E-state index is 13.5. The smallest absolute Gasteiger partial charge is 0.347 e. The van der Waals surface area contributed by atoms with Crippen LogP contribution in [0.4, 0.5) is 13.2 Å². The summed E-state index contributed by atoms with van der Waals surface area (Å²) in [5.74, 6) is -7.59. The molecule has 0 N–H and O–H groups in total. The van der Waals surface area contributed by atoms with E-state index in [1.165, 1.54) is 12.1 Å². The maximum absolute atomic E-state index is 13.5. The van der Waals surface area contributed by atoms with E-state index in [0.717, 1.165) is 6.92 Å². The van der Waals surface area contributed by atoms with Gasteiger partial charge in [-0.3, -0.25) is 4.79 Å². The Bertz CT molecular complexity index is 480. The van der Waals surface area contributed by atoms with Gasteiger partial charge in [0.1, 0.15) is 0 Å². The van der Waals surface area contributed by atoms with Crippen molar-refractivity contribution in [3.8, 4) is 0 Å². The minimum Gasteiger partial charge on any atom is -0.480 e. The highest BCUT2D eigenvalue weighted by atomic mass is 19.3. The molecule has 0 aromatic heterocycles. The minimum atomic E-state index is -3.82. The molecule has 0 fully saturated rings. The Morgan fingerprint density at radius 1 is 1.24 bits per heavy atom. The summed E-state index contributed by atoms with van der Waals surface area (Å²) >= 11 is 0. The summed E-state index contributed by atoms with van der Waals surface area (Å²) < 4.78 is 44.7. The van der Waals surface area contributed by atoms with Crippen molar-refractivity contribution >= 4 is 11.5 Å². The zero-order chi connectivity index (χ0) is 12.6. The van der Waals surface area contributed by atoms with Gasteiger partial charge in [-0.15, -0.1) is 0 Å². The predicted molar refractivity (Wildman–Crippen MR) is 55.0 cm³/mol. The summed E-state index contributed by atoms with van der Waals surface area (Å²) in [5.41, 5.74) is 0.265. The van der Waals surface area contributed by atoms with Crippen LogP contribution < -0.4 is 0 Å². The summed E-state index contributed by atoms with van der Waals surface area (Å²) in [6, 6.07) is 7.85. The normalized spacial score (nSPS) is 23.5. The van der Waals surface area contributed by atoms with Crippen LogP contribution in [0.2, 0.25) is 0 Å². The van der Waals surface area contributed by atoms with E-state index in [1.807, 2.05) is 0 Å². The number of hydrogen-bond donors (Lipinski definition) is 0. The number of carbonyl (C=O) groups is 1. The molecule has 2 nitrogen and oxygen atoms in total. The third-order valence-electron chi connectivity index (χ3n) is 2.54. The second kappa shape index (κ2) is 3.91. The molecule has 0 saturated heterocycles. The summed E-state index contributed by atoms with van der Waals surface area (Å²) in [4.78, 5) is 11.2. The summed E-state index contributed by atoms with van der Waals surface area (Å²) in [6.07, 6.45) is -1.68. The highest BCUT2D eigenvalue weighted by Gasteiger charge is 2.53. The quantitative estimate of drug-likeness (QED) is 0.756. The number of ketones is 1. The lowest BCUT2D eigenvalue weighted by atomic mass is 10.0. The number of carbonyl (C=O) groups excluding carboxylic acids is 1. The van der Waals surface area contributed by atoms with Crippen molar-refractivity contribution in [2.75, 3.05) is 0 Å². The first-order valence-corrected chi connectivity index (χ1v) is 4.99. The van der Waals surface area contributed by atoms with Crippen molar-refractivity contribution in [1.82, 2.24) is 0 Å². The van der Waals surface area contributed by atoms with Gasteiger partial charge in [0.15, 0.2) is 11.9 Å². The van der Waals surface area contributed by atoms with Crippen molar-refractivity contribution < 1.29 is 22.7 Å². The number of allylic oxidation sites excluding steroid dienone is 1. The summed E-state index contributed by atoms with van der Waals surface area (Å²) in [5, 5.41) is 0. The molecular formula is C12H9F3O2. The molecule has 1 aliphatic heterocycles. The maximum Gasteiger partial charge on any atom is 0.347 e. The molecule has 0 amide bonds. The van der Waals surface area contributed by atoms with E-state index in [9.17, 15) is 18.0 Å². The van der Waals surface area contributed by atoms with E-state index in [4.69, 9.17) is 4.74 Å². The molecule has 0 spiro atoms. The molecule has 0 aliphatic carbocycles. The van der Waals surface area contributed by atoms with Crippen molar-refractivity contribution in [3.63, 3.8) is 0 Å². The highest BCUT2D eigenvalue weighted by molar-refractivity contribution is 6.05. The number of halogens is 3. The molecule has 90 valence electrons. The predicted octanol–water partition coefficient (Wildman–Crippen LogP) is 2.95. The number of benzene rings is 1. The van der Waals surface area contributed by atoms with Gasteiger partial charge in [-0.25, -0.2) is 0 Å². The van der Waals surface area contributed by atoms with Gasteiger partial charge < -0.3 is 4.74 Å². The van der Waals surface area contributed by atoms with Gasteiger partial charge in [0, 0.05) is 5.56 Å². The second-order valence-electron chi connectivity index (χ2n) is 3.72. The van der Waals surface area contributed by atoms with Crippen LogP contribution in [-0.4, -0.2) is 17.8 Å². The first-order valence-electron chi connectivity index (χ1n) is 4.99. The topological polar surface area (TPSA) is 26.3 Å². The van der Waals surface area contributed by atoms with Crippen molar-refractivity contribution in [2.45, 2.75) is 19.0 Å². The van der Waals surface area contributed by atoms with Crippen molar-refractivity contribution in [2.24, 2.45) is 0 Å². The molecule has 1 heterocycles. The lowest BCUT2D eigenvalue weighted by Crippen LogP contribution is -2.44. The molecule has 0 saturated carbocycles. The fourth-order valence-electron chi connectivity index (χ4n) is 1.52. The summed E-state index contributed by atoms with van der Waals surface area (Å²) in [7, 11) is 0. The van der Waals surface area contributed by atoms with E-state index in [2.05, 4.69) is 0 Å². The molecule has 0 radical (unpaired) electrons. The molecule has 0 bridgehead atoms. The molecule has 1 unspecified atom stereocenters. The summed E-state index contributed by atoms with van der Waals surface area (Å²) in [6.45, 7) is 1.03. The average Bonchev–Trinajstić information content (AvgIpc) is 2.33. The van der Waals surface area contributed by atoms with Crippen LogP contribution in [0.25, 0.3) is 5.76 Å². The standard InChI is InChI=1S/C12H9F3O2/c1-7-12(14,15)11(16)9(13)10(17-7)8-5-3-2-4-6-8/h2-7H,1H3.